The zero-order valence-electron chi connectivity index (χ0n) is 15.1. The van der Waals surface area contributed by atoms with Gasteiger partial charge in [-0.05, 0) is 43.2 Å². The minimum Gasteiger partial charge on any atom is -0.342 e. The van der Waals surface area contributed by atoms with Crippen LogP contribution in [0.1, 0.15) is 33.4 Å². The lowest BCUT2D eigenvalue weighted by Gasteiger charge is -2.17. The Balaban J connectivity index is 1.64. The number of H-pyrrole nitrogens is 1. The highest BCUT2D eigenvalue weighted by Gasteiger charge is 2.20. The van der Waals surface area contributed by atoms with Gasteiger partial charge in [-0.15, -0.1) is 0 Å². The Bertz CT molecular complexity index is 1020. The Morgan fingerprint density at radius 1 is 0.963 bits per heavy atom. The molecule has 4 heteroatoms. The first kappa shape index (κ1) is 17.0. The van der Waals surface area contributed by atoms with Gasteiger partial charge in [0.15, 0.2) is 0 Å². The smallest absolute Gasteiger partial charge is 0.251 e. The third kappa shape index (κ3) is 3.90. The molecule has 0 aliphatic carbocycles. The van der Waals surface area contributed by atoms with Crippen LogP contribution in [0.3, 0.4) is 0 Å². The molecule has 0 spiro atoms. The summed E-state index contributed by atoms with van der Waals surface area (Å²) in [5, 5.41) is 3.15. The second-order valence-corrected chi connectivity index (χ2v) is 6.72. The number of aromatic nitrogens is 2. The van der Waals surface area contributed by atoms with Gasteiger partial charge in [-0.3, -0.25) is 4.79 Å². The van der Waals surface area contributed by atoms with Crippen LogP contribution in [-0.2, 0) is 6.42 Å². The van der Waals surface area contributed by atoms with Crippen molar-refractivity contribution in [1.29, 1.82) is 0 Å². The van der Waals surface area contributed by atoms with Crippen molar-refractivity contribution >= 4 is 16.9 Å². The molecule has 4 aromatic rings. The molecule has 4 nitrogen and oxygen atoms in total. The summed E-state index contributed by atoms with van der Waals surface area (Å²) in [6, 6.07) is 25.4. The number of aromatic amines is 1. The van der Waals surface area contributed by atoms with E-state index in [1.54, 1.807) is 0 Å². The minimum atomic E-state index is -0.242. The number of rotatable bonds is 5. The van der Waals surface area contributed by atoms with E-state index in [1.807, 2.05) is 73.7 Å². The van der Waals surface area contributed by atoms with E-state index in [-0.39, 0.29) is 11.9 Å². The molecule has 4 rings (SSSR count). The van der Waals surface area contributed by atoms with Crippen molar-refractivity contribution in [3.63, 3.8) is 0 Å². The predicted molar refractivity (Wildman–Crippen MR) is 108 cm³/mol. The Labute approximate surface area is 158 Å². The molecular weight excluding hydrogens is 334 g/mol. The van der Waals surface area contributed by atoms with Crippen molar-refractivity contribution in [2.45, 2.75) is 19.4 Å². The van der Waals surface area contributed by atoms with E-state index in [9.17, 15) is 4.79 Å². The Hall–Kier alpha value is -3.40. The molecule has 0 radical (unpaired) electrons. The SMILES string of the molecule is Cc1ccc(C(=O)N[C@@H](Cc2ccccc2)c2nc3ccccc3[nH]2)cc1. The van der Waals surface area contributed by atoms with E-state index in [2.05, 4.69) is 22.4 Å². The van der Waals surface area contributed by atoms with E-state index in [0.29, 0.717) is 12.0 Å². The topological polar surface area (TPSA) is 57.8 Å². The van der Waals surface area contributed by atoms with Gasteiger partial charge in [0.05, 0.1) is 17.1 Å². The van der Waals surface area contributed by atoms with Crippen molar-refractivity contribution in [3.05, 3.63) is 101 Å². The molecule has 1 aromatic heterocycles. The number of benzene rings is 3. The molecule has 1 heterocycles. The van der Waals surface area contributed by atoms with Crippen molar-refractivity contribution < 1.29 is 4.79 Å². The second kappa shape index (κ2) is 7.46. The molecule has 1 atom stereocenters. The van der Waals surface area contributed by atoms with Crippen molar-refractivity contribution in [3.8, 4) is 0 Å². The van der Waals surface area contributed by atoms with Crippen LogP contribution in [-0.4, -0.2) is 15.9 Å². The summed E-state index contributed by atoms with van der Waals surface area (Å²) in [5.41, 5.74) is 4.79. The average Bonchev–Trinajstić information content (AvgIpc) is 3.13. The molecule has 0 bridgehead atoms. The number of fused-ring (bicyclic) bond motifs is 1. The van der Waals surface area contributed by atoms with E-state index in [1.165, 1.54) is 0 Å². The maximum Gasteiger partial charge on any atom is 0.251 e. The highest BCUT2D eigenvalue weighted by atomic mass is 16.1. The van der Waals surface area contributed by atoms with Crippen LogP contribution in [0.15, 0.2) is 78.9 Å². The first-order chi connectivity index (χ1) is 13.2. The van der Waals surface area contributed by atoms with Gasteiger partial charge in [-0.1, -0.05) is 60.2 Å². The van der Waals surface area contributed by atoms with Crippen LogP contribution in [0.5, 0.6) is 0 Å². The predicted octanol–water partition coefficient (Wildman–Crippen LogP) is 4.59. The van der Waals surface area contributed by atoms with Gasteiger partial charge in [-0.25, -0.2) is 4.98 Å². The largest absolute Gasteiger partial charge is 0.342 e. The van der Waals surface area contributed by atoms with Gasteiger partial charge < -0.3 is 10.3 Å². The van der Waals surface area contributed by atoms with E-state index < -0.39 is 0 Å². The summed E-state index contributed by atoms with van der Waals surface area (Å²) in [6.45, 7) is 2.01. The quantitative estimate of drug-likeness (QED) is 0.550. The number of hydrogen-bond donors (Lipinski definition) is 2. The molecule has 0 unspecified atom stereocenters. The minimum absolute atomic E-state index is 0.101. The normalized spacial score (nSPS) is 12.0. The molecule has 0 aliphatic rings. The van der Waals surface area contributed by atoms with Crippen LogP contribution < -0.4 is 5.32 Å². The van der Waals surface area contributed by atoms with E-state index >= 15 is 0 Å². The average molecular weight is 355 g/mol. The number of carbonyl (C=O) groups is 1. The summed E-state index contributed by atoms with van der Waals surface area (Å²) in [6.07, 6.45) is 0.665. The van der Waals surface area contributed by atoms with Crippen LogP contribution in [0.25, 0.3) is 11.0 Å². The van der Waals surface area contributed by atoms with E-state index in [0.717, 1.165) is 28.0 Å². The van der Waals surface area contributed by atoms with Gasteiger partial charge in [-0.2, -0.15) is 0 Å². The number of amides is 1. The zero-order chi connectivity index (χ0) is 18.6. The van der Waals surface area contributed by atoms with Crippen LogP contribution in [0, 0.1) is 6.92 Å². The molecule has 0 saturated heterocycles. The van der Waals surface area contributed by atoms with Gasteiger partial charge in [0.1, 0.15) is 5.82 Å². The van der Waals surface area contributed by atoms with Gasteiger partial charge in [0.25, 0.3) is 5.91 Å². The van der Waals surface area contributed by atoms with Crippen LogP contribution >= 0.6 is 0 Å². The third-order valence-corrected chi connectivity index (χ3v) is 4.64. The molecule has 0 aliphatic heterocycles. The molecule has 2 N–H and O–H groups in total. The van der Waals surface area contributed by atoms with Crippen LogP contribution in [0.4, 0.5) is 0 Å². The van der Waals surface area contributed by atoms with Gasteiger partial charge >= 0.3 is 0 Å². The van der Waals surface area contributed by atoms with Crippen molar-refractivity contribution in [1.82, 2.24) is 15.3 Å². The fraction of sp³-hybridized carbons (Fsp3) is 0.130. The van der Waals surface area contributed by atoms with E-state index in [4.69, 9.17) is 4.98 Å². The lowest BCUT2D eigenvalue weighted by Crippen LogP contribution is -2.30. The Kier molecular flexibility index (Phi) is 4.71. The number of para-hydroxylation sites is 2. The fourth-order valence-corrected chi connectivity index (χ4v) is 3.15. The first-order valence-corrected chi connectivity index (χ1v) is 9.05. The molecule has 0 saturated carbocycles. The van der Waals surface area contributed by atoms with Gasteiger partial charge in [0, 0.05) is 5.56 Å². The van der Waals surface area contributed by atoms with Crippen LogP contribution in [0.2, 0.25) is 0 Å². The Morgan fingerprint density at radius 3 is 2.41 bits per heavy atom. The second-order valence-electron chi connectivity index (χ2n) is 6.72. The molecular formula is C23H21N3O. The number of nitrogens with one attached hydrogen (secondary N) is 2. The van der Waals surface area contributed by atoms with Crippen molar-refractivity contribution in [2.24, 2.45) is 0 Å². The highest BCUT2D eigenvalue weighted by molar-refractivity contribution is 5.94. The number of imidazole rings is 1. The summed E-state index contributed by atoms with van der Waals surface area (Å²) >= 11 is 0. The third-order valence-electron chi connectivity index (χ3n) is 4.64. The summed E-state index contributed by atoms with van der Waals surface area (Å²) in [4.78, 5) is 20.8. The molecule has 0 fully saturated rings. The summed E-state index contributed by atoms with van der Waals surface area (Å²) < 4.78 is 0. The fourth-order valence-electron chi connectivity index (χ4n) is 3.15. The van der Waals surface area contributed by atoms with Crippen molar-refractivity contribution in [2.75, 3.05) is 0 Å². The summed E-state index contributed by atoms with van der Waals surface area (Å²) in [7, 11) is 0. The maximum atomic E-state index is 12.8. The number of hydrogen-bond acceptors (Lipinski definition) is 2. The number of aryl methyl sites for hydroxylation is 1. The highest BCUT2D eigenvalue weighted by Crippen LogP contribution is 2.20. The summed E-state index contributed by atoms with van der Waals surface area (Å²) in [5.74, 6) is 0.664. The lowest BCUT2D eigenvalue weighted by atomic mass is 10.0. The molecule has 1 amide bonds. The maximum absolute atomic E-state index is 12.8. The zero-order valence-corrected chi connectivity index (χ0v) is 15.1. The number of carbonyl (C=O) groups excluding carboxylic acids is 1. The first-order valence-electron chi connectivity index (χ1n) is 9.05. The number of nitrogens with zero attached hydrogens (tertiary/aromatic N) is 1. The Morgan fingerprint density at radius 2 is 1.67 bits per heavy atom. The molecule has 134 valence electrons. The van der Waals surface area contributed by atoms with Gasteiger partial charge in [0.2, 0.25) is 0 Å². The molecule has 3 aromatic carbocycles. The molecule has 27 heavy (non-hydrogen) atoms. The standard InChI is InChI=1S/C23H21N3O/c1-16-11-13-18(14-12-16)23(27)26-21(15-17-7-3-2-4-8-17)22-24-19-9-5-6-10-20(19)25-22/h2-14,21H,15H2,1H3,(H,24,25)(H,26,27)/t21-/m0/s1. The lowest BCUT2D eigenvalue weighted by molar-refractivity contribution is 0.0935. The monoisotopic (exact) mass is 355 g/mol.